The second kappa shape index (κ2) is 2.87. The van der Waals surface area contributed by atoms with E-state index >= 15 is 0 Å². The van der Waals surface area contributed by atoms with Crippen LogP contribution in [0.3, 0.4) is 0 Å². The first-order valence-electron chi connectivity index (χ1n) is 4.60. The van der Waals surface area contributed by atoms with Crippen LogP contribution in [-0.2, 0) is 0 Å². The lowest BCUT2D eigenvalue weighted by atomic mass is 9.83. The molecule has 1 N–H and O–H groups in total. The minimum absolute atomic E-state index is 0.122. The molecule has 1 aliphatic carbocycles. The molecule has 0 aliphatic heterocycles. The summed E-state index contributed by atoms with van der Waals surface area (Å²) < 4.78 is 0.167. The summed E-state index contributed by atoms with van der Waals surface area (Å²) in [5, 5.41) is 10.1. The van der Waals surface area contributed by atoms with Crippen LogP contribution in [0, 0.1) is 23.7 Å². The Labute approximate surface area is 94.4 Å². The molecular formula is C11H17IO. The van der Waals surface area contributed by atoms with Crippen LogP contribution in [-0.4, -0.2) is 14.1 Å². The third-order valence-corrected chi connectivity index (χ3v) is 6.49. The lowest BCUT2D eigenvalue weighted by Crippen LogP contribution is -2.38. The third-order valence-electron chi connectivity index (χ3n) is 3.67. The molecule has 3 atom stereocenters. The number of rotatable bonds is 2. The first kappa shape index (κ1) is 11.3. The average molecular weight is 292 g/mol. The van der Waals surface area contributed by atoms with Gasteiger partial charge in [0.05, 0.1) is 0 Å². The fraction of sp³-hybridized carbons (Fsp3) is 0.818. The van der Waals surface area contributed by atoms with E-state index in [2.05, 4.69) is 49.3 Å². The molecule has 0 aromatic heterocycles. The van der Waals surface area contributed by atoms with Crippen molar-refractivity contribution in [3.63, 3.8) is 0 Å². The molecule has 1 aliphatic rings. The van der Waals surface area contributed by atoms with E-state index in [-0.39, 0.29) is 8.84 Å². The highest BCUT2D eigenvalue weighted by Gasteiger charge is 2.71. The van der Waals surface area contributed by atoms with E-state index in [9.17, 15) is 5.11 Å². The maximum absolute atomic E-state index is 10.1. The Kier molecular flexibility index (Phi) is 2.50. The SMILES string of the molecule is C#CC(C)(O)C1(C)CC1(I)C(C)C. The largest absolute Gasteiger partial charge is 0.377 e. The summed E-state index contributed by atoms with van der Waals surface area (Å²) in [6.07, 6.45) is 6.36. The molecule has 0 saturated heterocycles. The molecule has 1 fully saturated rings. The Hall–Kier alpha value is 0.250. The normalized spacial score (nSPS) is 42.6. The zero-order chi connectivity index (χ0) is 10.5. The molecule has 0 aromatic rings. The molecule has 0 spiro atoms. The van der Waals surface area contributed by atoms with Gasteiger partial charge in [0.1, 0.15) is 5.60 Å². The Morgan fingerprint density at radius 1 is 1.62 bits per heavy atom. The topological polar surface area (TPSA) is 20.2 Å². The summed E-state index contributed by atoms with van der Waals surface area (Å²) in [6, 6.07) is 0. The van der Waals surface area contributed by atoms with E-state index < -0.39 is 5.60 Å². The van der Waals surface area contributed by atoms with Crippen LogP contribution in [0.1, 0.15) is 34.1 Å². The van der Waals surface area contributed by atoms with Crippen LogP contribution >= 0.6 is 22.6 Å². The van der Waals surface area contributed by atoms with Crippen LogP contribution < -0.4 is 0 Å². The van der Waals surface area contributed by atoms with Gasteiger partial charge in [-0.2, -0.15) is 0 Å². The summed E-state index contributed by atoms with van der Waals surface area (Å²) in [5.41, 5.74) is -1.10. The van der Waals surface area contributed by atoms with Crippen molar-refractivity contribution in [2.45, 2.75) is 43.1 Å². The monoisotopic (exact) mass is 292 g/mol. The highest BCUT2D eigenvalue weighted by molar-refractivity contribution is 14.1. The summed E-state index contributed by atoms with van der Waals surface area (Å²) in [5.74, 6) is 3.06. The van der Waals surface area contributed by atoms with Gasteiger partial charge in [-0.05, 0) is 19.3 Å². The van der Waals surface area contributed by atoms with Crippen molar-refractivity contribution in [1.29, 1.82) is 0 Å². The second-order valence-corrected chi connectivity index (χ2v) is 6.67. The Balaban J connectivity index is 2.94. The van der Waals surface area contributed by atoms with Gasteiger partial charge in [0.25, 0.3) is 0 Å². The van der Waals surface area contributed by atoms with E-state index in [4.69, 9.17) is 6.42 Å². The maximum atomic E-state index is 10.1. The first-order chi connectivity index (χ1) is 5.71. The van der Waals surface area contributed by atoms with Crippen molar-refractivity contribution in [2.24, 2.45) is 11.3 Å². The van der Waals surface area contributed by atoms with Gasteiger partial charge < -0.3 is 5.11 Å². The van der Waals surface area contributed by atoms with Gasteiger partial charge in [0, 0.05) is 8.84 Å². The molecule has 0 bridgehead atoms. The Bertz CT molecular complexity index is 264. The van der Waals surface area contributed by atoms with Crippen LogP contribution in [0.25, 0.3) is 0 Å². The third kappa shape index (κ3) is 1.32. The lowest BCUT2D eigenvalue weighted by Gasteiger charge is -2.30. The number of terminal acetylenes is 1. The van der Waals surface area contributed by atoms with Gasteiger partial charge in [-0.25, -0.2) is 0 Å². The van der Waals surface area contributed by atoms with Crippen LogP contribution in [0.15, 0.2) is 0 Å². The summed E-state index contributed by atoms with van der Waals surface area (Å²) >= 11 is 2.45. The Morgan fingerprint density at radius 3 is 2.31 bits per heavy atom. The molecule has 0 aromatic carbocycles. The van der Waals surface area contributed by atoms with E-state index in [1.54, 1.807) is 6.92 Å². The number of hydrogen-bond acceptors (Lipinski definition) is 1. The van der Waals surface area contributed by atoms with Crippen molar-refractivity contribution in [3.8, 4) is 12.3 Å². The molecule has 0 amide bonds. The van der Waals surface area contributed by atoms with Gasteiger partial charge in [0.15, 0.2) is 0 Å². The van der Waals surface area contributed by atoms with Crippen LogP contribution in [0.4, 0.5) is 0 Å². The van der Waals surface area contributed by atoms with E-state index in [0.717, 1.165) is 6.42 Å². The number of hydrogen-bond donors (Lipinski definition) is 1. The molecule has 0 radical (unpaired) electrons. The molecule has 0 heterocycles. The smallest absolute Gasteiger partial charge is 0.129 e. The van der Waals surface area contributed by atoms with E-state index in [1.807, 2.05) is 0 Å². The number of halogens is 1. The van der Waals surface area contributed by atoms with Crippen molar-refractivity contribution in [1.82, 2.24) is 0 Å². The standard InChI is InChI=1S/C11H17IO/c1-6-10(5,13)9(4)7-11(9,12)8(2)3/h1,8,13H,7H2,2-5H3. The maximum Gasteiger partial charge on any atom is 0.129 e. The van der Waals surface area contributed by atoms with Crippen molar-refractivity contribution in [2.75, 3.05) is 0 Å². The molecule has 1 nitrogen and oxygen atoms in total. The fourth-order valence-electron chi connectivity index (χ4n) is 2.05. The zero-order valence-corrected chi connectivity index (χ0v) is 10.8. The van der Waals surface area contributed by atoms with Gasteiger partial charge >= 0.3 is 0 Å². The molecule has 1 rings (SSSR count). The first-order valence-corrected chi connectivity index (χ1v) is 5.68. The molecule has 2 heteroatoms. The van der Waals surface area contributed by atoms with Gasteiger partial charge in [-0.15, -0.1) is 6.42 Å². The molecular weight excluding hydrogens is 275 g/mol. The van der Waals surface area contributed by atoms with E-state index in [0.29, 0.717) is 5.92 Å². The average Bonchev–Trinajstić information content (AvgIpc) is 2.59. The summed E-state index contributed by atoms with van der Waals surface area (Å²) in [7, 11) is 0. The molecule has 74 valence electrons. The van der Waals surface area contributed by atoms with Crippen LogP contribution in [0.2, 0.25) is 0 Å². The predicted octanol–water partition coefficient (Wildman–Crippen LogP) is 2.61. The van der Waals surface area contributed by atoms with Crippen molar-refractivity contribution < 1.29 is 5.11 Å². The number of alkyl halides is 1. The molecule has 3 unspecified atom stereocenters. The van der Waals surface area contributed by atoms with Crippen molar-refractivity contribution >= 4 is 22.6 Å². The highest BCUT2D eigenvalue weighted by Crippen LogP contribution is 2.70. The minimum atomic E-state index is -0.974. The quantitative estimate of drug-likeness (QED) is 0.471. The summed E-state index contributed by atoms with van der Waals surface area (Å²) in [6.45, 7) is 8.20. The highest BCUT2D eigenvalue weighted by atomic mass is 127. The van der Waals surface area contributed by atoms with Gasteiger partial charge in [-0.3, -0.25) is 0 Å². The fourth-order valence-corrected chi connectivity index (χ4v) is 3.34. The number of aliphatic hydroxyl groups is 1. The lowest BCUT2D eigenvalue weighted by molar-refractivity contribution is 0.0429. The van der Waals surface area contributed by atoms with Gasteiger partial charge in [0.2, 0.25) is 0 Å². The van der Waals surface area contributed by atoms with E-state index in [1.165, 1.54) is 0 Å². The molecule has 13 heavy (non-hydrogen) atoms. The summed E-state index contributed by atoms with van der Waals surface area (Å²) in [4.78, 5) is 0. The zero-order valence-electron chi connectivity index (χ0n) is 8.69. The van der Waals surface area contributed by atoms with Crippen LogP contribution in [0.5, 0.6) is 0 Å². The van der Waals surface area contributed by atoms with Crippen molar-refractivity contribution in [3.05, 3.63) is 0 Å². The Morgan fingerprint density at radius 2 is 2.08 bits per heavy atom. The molecule has 1 saturated carbocycles. The van der Waals surface area contributed by atoms with Gasteiger partial charge in [-0.1, -0.05) is 49.3 Å². The minimum Gasteiger partial charge on any atom is -0.377 e. The second-order valence-electron chi connectivity index (χ2n) is 4.74. The predicted molar refractivity (Wildman–Crippen MR) is 63.8 cm³/mol.